The van der Waals surface area contributed by atoms with E-state index in [1.807, 2.05) is 49.4 Å². The molecule has 3 rings (SSSR count). The van der Waals surface area contributed by atoms with E-state index in [4.69, 9.17) is 0 Å². The summed E-state index contributed by atoms with van der Waals surface area (Å²) in [4.78, 5) is 16.5. The molecule has 1 aromatic carbocycles. The van der Waals surface area contributed by atoms with Crippen LogP contribution in [-0.2, 0) is 5.60 Å². The summed E-state index contributed by atoms with van der Waals surface area (Å²) in [6.45, 7) is 3.61. The summed E-state index contributed by atoms with van der Waals surface area (Å²) in [6, 6.07) is 12.9. The number of aliphatic hydroxyl groups is 1. The number of hydrogen-bond donors (Lipinski definition) is 2. The summed E-state index contributed by atoms with van der Waals surface area (Å²) in [6.07, 6.45) is 4.88. The molecule has 2 N–H and O–H groups in total. The van der Waals surface area contributed by atoms with E-state index in [0.717, 1.165) is 16.9 Å². The first kappa shape index (κ1) is 16.9. The normalized spacial score (nSPS) is 13.2. The zero-order chi connectivity index (χ0) is 17.9. The van der Waals surface area contributed by atoms with Gasteiger partial charge in [-0.3, -0.25) is 9.78 Å². The Morgan fingerprint density at radius 2 is 1.88 bits per heavy atom. The van der Waals surface area contributed by atoms with Crippen LogP contribution in [-0.4, -0.2) is 32.3 Å². The van der Waals surface area contributed by atoms with Crippen LogP contribution in [0.25, 0.3) is 5.69 Å². The van der Waals surface area contributed by atoms with Crippen LogP contribution in [0.2, 0.25) is 0 Å². The third-order valence-electron chi connectivity index (χ3n) is 4.15. The van der Waals surface area contributed by atoms with Crippen molar-refractivity contribution in [2.45, 2.75) is 19.4 Å². The second-order valence-electron chi connectivity index (χ2n) is 6.08. The predicted octanol–water partition coefficient (Wildman–Crippen LogP) is 2.21. The molecule has 3 aromatic rings. The Morgan fingerprint density at radius 3 is 2.56 bits per heavy atom. The molecule has 1 amide bonds. The predicted molar refractivity (Wildman–Crippen MR) is 94.4 cm³/mol. The fraction of sp³-hybridized carbons (Fsp3) is 0.211. The monoisotopic (exact) mass is 336 g/mol. The molecule has 1 atom stereocenters. The van der Waals surface area contributed by atoms with E-state index in [1.54, 1.807) is 24.0 Å². The van der Waals surface area contributed by atoms with Gasteiger partial charge in [0.2, 0.25) is 0 Å². The number of benzene rings is 1. The summed E-state index contributed by atoms with van der Waals surface area (Å²) >= 11 is 0. The number of amides is 1. The summed E-state index contributed by atoms with van der Waals surface area (Å²) < 4.78 is 1.69. The molecule has 1 unspecified atom stereocenters. The standard InChI is InChI=1S/C19H20N4O2/c1-14-17(12-22-23(14)16-8-10-20-11-9-16)18(24)21-13-19(2,25)15-6-4-3-5-7-15/h3-12,25H,13H2,1-2H3,(H,21,24). The summed E-state index contributed by atoms with van der Waals surface area (Å²) in [5, 5.41) is 17.7. The van der Waals surface area contributed by atoms with Gasteiger partial charge in [-0.05, 0) is 31.5 Å². The number of nitrogens with zero attached hydrogens (tertiary/aromatic N) is 3. The number of nitrogens with one attached hydrogen (secondary N) is 1. The molecule has 0 aliphatic heterocycles. The zero-order valence-electron chi connectivity index (χ0n) is 14.2. The highest BCUT2D eigenvalue weighted by Crippen LogP contribution is 2.19. The molecule has 6 nitrogen and oxygen atoms in total. The quantitative estimate of drug-likeness (QED) is 0.749. The molecule has 0 saturated heterocycles. The first-order valence-electron chi connectivity index (χ1n) is 8.00. The van der Waals surface area contributed by atoms with Crippen molar-refractivity contribution >= 4 is 5.91 Å². The van der Waals surface area contributed by atoms with Crippen LogP contribution in [0.5, 0.6) is 0 Å². The van der Waals surface area contributed by atoms with E-state index >= 15 is 0 Å². The third-order valence-corrected chi connectivity index (χ3v) is 4.15. The molecule has 0 radical (unpaired) electrons. The third kappa shape index (κ3) is 3.59. The molecule has 0 fully saturated rings. The molecule has 2 aromatic heterocycles. The minimum Gasteiger partial charge on any atom is -0.384 e. The topological polar surface area (TPSA) is 80.0 Å². The van der Waals surface area contributed by atoms with Gasteiger partial charge in [0.1, 0.15) is 5.60 Å². The van der Waals surface area contributed by atoms with Gasteiger partial charge < -0.3 is 10.4 Å². The van der Waals surface area contributed by atoms with E-state index in [-0.39, 0.29) is 12.5 Å². The maximum absolute atomic E-state index is 12.5. The molecule has 0 bridgehead atoms. The van der Waals surface area contributed by atoms with Crippen molar-refractivity contribution in [3.05, 3.63) is 77.9 Å². The van der Waals surface area contributed by atoms with Crippen LogP contribution in [0.3, 0.4) is 0 Å². The lowest BCUT2D eigenvalue weighted by Crippen LogP contribution is -2.38. The lowest BCUT2D eigenvalue weighted by atomic mass is 9.96. The van der Waals surface area contributed by atoms with Gasteiger partial charge in [0, 0.05) is 12.4 Å². The van der Waals surface area contributed by atoms with Crippen LogP contribution >= 0.6 is 0 Å². The molecule has 128 valence electrons. The highest BCUT2D eigenvalue weighted by molar-refractivity contribution is 5.95. The molecule has 0 saturated carbocycles. The summed E-state index contributed by atoms with van der Waals surface area (Å²) in [5.74, 6) is -0.269. The number of rotatable bonds is 5. The molecule has 25 heavy (non-hydrogen) atoms. The Labute approximate surface area is 146 Å². The number of hydrogen-bond acceptors (Lipinski definition) is 4. The largest absolute Gasteiger partial charge is 0.384 e. The van der Waals surface area contributed by atoms with Crippen LogP contribution in [0, 0.1) is 6.92 Å². The van der Waals surface area contributed by atoms with E-state index in [2.05, 4.69) is 15.4 Å². The number of pyridine rings is 1. The van der Waals surface area contributed by atoms with E-state index in [0.29, 0.717) is 5.56 Å². The summed E-state index contributed by atoms with van der Waals surface area (Å²) in [7, 11) is 0. The fourth-order valence-electron chi connectivity index (χ4n) is 2.62. The van der Waals surface area contributed by atoms with Gasteiger partial charge in [0.05, 0.1) is 29.7 Å². The van der Waals surface area contributed by atoms with Crippen molar-refractivity contribution < 1.29 is 9.90 Å². The minimum atomic E-state index is -1.15. The molecular weight excluding hydrogens is 316 g/mol. The lowest BCUT2D eigenvalue weighted by Gasteiger charge is -2.24. The van der Waals surface area contributed by atoms with Crippen LogP contribution in [0.15, 0.2) is 61.1 Å². The second kappa shape index (κ2) is 6.86. The Morgan fingerprint density at radius 1 is 1.20 bits per heavy atom. The van der Waals surface area contributed by atoms with Gasteiger partial charge in [-0.15, -0.1) is 0 Å². The van der Waals surface area contributed by atoms with Crippen molar-refractivity contribution in [1.29, 1.82) is 0 Å². The van der Waals surface area contributed by atoms with Gasteiger partial charge in [0.25, 0.3) is 5.91 Å². The van der Waals surface area contributed by atoms with Crippen molar-refractivity contribution in [2.24, 2.45) is 0 Å². The van der Waals surface area contributed by atoms with Gasteiger partial charge in [-0.2, -0.15) is 5.10 Å². The van der Waals surface area contributed by atoms with Gasteiger partial charge in [0.15, 0.2) is 0 Å². The van der Waals surface area contributed by atoms with Crippen LogP contribution < -0.4 is 5.32 Å². The van der Waals surface area contributed by atoms with E-state index < -0.39 is 5.60 Å². The van der Waals surface area contributed by atoms with Gasteiger partial charge in [-0.25, -0.2) is 4.68 Å². The lowest BCUT2D eigenvalue weighted by molar-refractivity contribution is 0.0526. The van der Waals surface area contributed by atoms with Gasteiger partial charge in [-0.1, -0.05) is 30.3 Å². The molecule has 0 spiro atoms. The van der Waals surface area contributed by atoms with Gasteiger partial charge >= 0.3 is 0 Å². The molecular formula is C19H20N4O2. The van der Waals surface area contributed by atoms with Crippen LogP contribution in [0.4, 0.5) is 0 Å². The summed E-state index contributed by atoms with van der Waals surface area (Å²) in [5.41, 5.74) is 1.64. The van der Waals surface area contributed by atoms with E-state index in [9.17, 15) is 9.90 Å². The Bertz CT molecular complexity index is 858. The fourth-order valence-corrected chi connectivity index (χ4v) is 2.62. The first-order valence-corrected chi connectivity index (χ1v) is 8.00. The first-order chi connectivity index (χ1) is 12.0. The SMILES string of the molecule is Cc1c(C(=O)NCC(C)(O)c2ccccc2)cnn1-c1ccncc1. The highest BCUT2D eigenvalue weighted by Gasteiger charge is 2.24. The molecule has 6 heteroatoms. The van der Waals surface area contributed by atoms with Crippen molar-refractivity contribution in [3.63, 3.8) is 0 Å². The maximum atomic E-state index is 12.5. The average molecular weight is 336 g/mol. The van der Waals surface area contributed by atoms with E-state index in [1.165, 1.54) is 6.20 Å². The maximum Gasteiger partial charge on any atom is 0.254 e. The second-order valence-corrected chi connectivity index (χ2v) is 6.08. The smallest absolute Gasteiger partial charge is 0.254 e. The highest BCUT2D eigenvalue weighted by atomic mass is 16.3. The molecule has 0 aliphatic carbocycles. The number of carbonyl (C=O) groups excluding carboxylic acids is 1. The Balaban J connectivity index is 1.73. The average Bonchev–Trinajstić information content (AvgIpc) is 3.03. The zero-order valence-corrected chi connectivity index (χ0v) is 14.2. The number of carbonyl (C=O) groups is 1. The van der Waals surface area contributed by atoms with Crippen molar-refractivity contribution in [3.8, 4) is 5.69 Å². The number of aromatic nitrogens is 3. The minimum absolute atomic E-state index is 0.107. The van der Waals surface area contributed by atoms with Crippen molar-refractivity contribution in [2.75, 3.05) is 6.54 Å². The molecule has 2 heterocycles. The Hall–Kier alpha value is -2.99. The van der Waals surface area contributed by atoms with Crippen molar-refractivity contribution in [1.82, 2.24) is 20.1 Å². The van der Waals surface area contributed by atoms with Crippen LogP contribution in [0.1, 0.15) is 28.5 Å². The molecule has 0 aliphatic rings. The Kier molecular flexibility index (Phi) is 4.63.